The van der Waals surface area contributed by atoms with Crippen molar-refractivity contribution in [3.05, 3.63) is 87.4 Å². The second-order valence-corrected chi connectivity index (χ2v) is 8.62. The highest BCUT2D eigenvalue weighted by atomic mass is 35.5. The molecule has 2 atom stereocenters. The van der Waals surface area contributed by atoms with Crippen LogP contribution in [0.5, 0.6) is 17.2 Å². The quantitative estimate of drug-likeness (QED) is 0.294. The minimum atomic E-state index is 0.240. The van der Waals surface area contributed by atoms with Gasteiger partial charge in [0.15, 0.2) is 11.5 Å². The summed E-state index contributed by atoms with van der Waals surface area (Å²) < 4.78 is 16.3. The lowest BCUT2D eigenvalue weighted by Gasteiger charge is -2.10. The van der Waals surface area contributed by atoms with E-state index in [0.29, 0.717) is 16.0 Å². The molecule has 3 aromatic carbocycles. The van der Waals surface area contributed by atoms with E-state index in [1.165, 1.54) is 5.56 Å². The number of ether oxygens (including phenoxy) is 3. The standard InChI is InChI=1S/C25H21Cl2NO4/c1-29-19-7-3-15(4-8-19)25(28-32-13-17-2-6-18(26)11-22(17)27)21-12-20(21)16-5-9-23-24(10-16)31-14-30-23/h2-11,20-21H,12-14H2,1H3/b28-25-/t20-,21+/m0/s1. The average Bonchev–Trinajstić information content (AvgIpc) is 3.45. The third-order valence-electron chi connectivity index (χ3n) is 5.75. The normalized spacial score (nSPS) is 19.0. The third-order valence-corrected chi connectivity index (χ3v) is 6.34. The van der Waals surface area contributed by atoms with Crippen molar-refractivity contribution in [2.45, 2.75) is 18.9 Å². The van der Waals surface area contributed by atoms with Gasteiger partial charge in [-0.3, -0.25) is 0 Å². The van der Waals surface area contributed by atoms with E-state index >= 15 is 0 Å². The molecule has 1 fully saturated rings. The number of methoxy groups -OCH3 is 1. The fourth-order valence-corrected chi connectivity index (χ4v) is 4.38. The van der Waals surface area contributed by atoms with Crippen molar-refractivity contribution in [1.29, 1.82) is 0 Å². The zero-order valence-corrected chi connectivity index (χ0v) is 18.9. The van der Waals surface area contributed by atoms with Crippen molar-refractivity contribution < 1.29 is 19.0 Å². The molecule has 164 valence electrons. The number of oxime groups is 1. The number of halogens is 2. The molecule has 1 aliphatic carbocycles. The number of fused-ring (bicyclic) bond motifs is 1. The van der Waals surface area contributed by atoms with Crippen LogP contribution in [0.25, 0.3) is 0 Å². The number of benzene rings is 3. The molecular weight excluding hydrogens is 449 g/mol. The molecule has 0 aromatic heterocycles. The highest BCUT2D eigenvalue weighted by Crippen LogP contribution is 2.51. The molecule has 2 aliphatic rings. The monoisotopic (exact) mass is 469 g/mol. The molecule has 0 radical (unpaired) electrons. The van der Waals surface area contributed by atoms with Crippen molar-refractivity contribution >= 4 is 28.9 Å². The summed E-state index contributed by atoms with van der Waals surface area (Å²) in [5, 5.41) is 5.69. The first-order valence-electron chi connectivity index (χ1n) is 10.3. The second kappa shape index (κ2) is 8.93. The van der Waals surface area contributed by atoms with Crippen molar-refractivity contribution in [3.63, 3.8) is 0 Å². The molecule has 7 heteroatoms. The Kier molecular flexibility index (Phi) is 5.85. The molecule has 5 nitrogen and oxygen atoms in total. The van der Waals surface area contributed by atoms with Crippen LogP contribution < -0.4 is 14.2 Å². The molecule has 0 spiro atoms. The Hall–Kier alpha value is -2.89. The van der Waals surface area contributed by atoms with E-state index < -0.39 is 0 Å². The van der Waals surface area contributed by atoms with E-state index in [1.807, 2.05) is 36.4 Å². The Morgan fingerprint density at radius 3 is 2.59 bits per heavy atom. The SMILES string of the molecule is COc1ccc(/C(=N/OCc2ccc(Cl)cc2Cl)[C@@H]2C[C@H]2c2ccc3c(c2)OCO3)cc1. The summed E-state index contributed by atoms with van der Waals surface area (Å²) in [7, 11) is 1.65. The highest BCUT2D eigenvalue weighted by molar-refractivity contribution is 6.35. The summed E-state index contributed by atoms with van der Waals surface area (Å²) in [6, 6.07) is 19.3. The van der Waals surface area contributed by atoms with Crippen molar-refractivity contribution in [2.24, 2.45) is 11.1 Å². The Morgan fingerprint density at radius 2 is 1.81 bits per heavy atom. The number of hydrogen-bond acceptors (Lipinski definition) is 5. The molecule has 0 amide bonds. The van der Waals surface area contributed by atoms with Gasteiger partial charge in [-0.1, -0.05) is 40.5 Å². The number of nitrogens with zero attached hydrogens (tertiary/aromatic N) is 1. The van der Waals surface area contributed by atoms with Crippen LogP contribution >= 0.6 is 23.2 Å². The molecule has 0 N–H and O–H groups in total. The fourth-order valence-electron chi connectivity index (χ4n) is 3.92. The second-order valence-electron chi connectivity index (χ2n) is 7.78. The molecule has 32 heavy (non-hydrogen) atoms. The van der Waals surface area contributed by atoms with Gasteiger partial charge in [0.25, 0.3) is 0 Å². The molecule has 1 heterocycles. The van der Waals surface area contributed by atoms with E-state index in [0.717, 1.165) is 40.5 Å². The van der Waals surface area contributed by atoms with Gasteiger partial charge in [-0.2, -0.15) is 0 Å². The first kappa shape index (κ1) is 21.0. The first-order valence-corrected chi connectivity index (χ1v) is 11.1. The predicted molar refractivity (Wildman–Crippen MR) is 124 cm³/mol. The van der Waals surface area contributed by atoms with Gasteiger partial charge in [0.05, 0.1) is 12.8 Å². The Bertz CT molecular complexity index is 1160. The topological polar surface area (TPSA) is 49.3 Å². The third kappa shape index (κ3) is 4.36. The molecule has 3 aromatic rings. The Labute approximate surface area is 196 Å². The molecule has 5 rings (SSSR count). The van der Waals surface area contributed by atoms with Gasteiger partial charge in [-0.15, -0.1) is 0 Å². The Morgan fingerprint density at radius 1 is 1.00 bits per heavy atom. The van der Waals surface area contributed by atoms with Gasteiger partial charge >= 0.3 is 0 Å². The van der Waals surface area contributed by atoms with Crippen LogP contribution in [0.15, 0.2) is 65.8 Å². The maximum Gasteiger partial charge on any atom is 0.231 e. The summed E-state index contributed by atoms with van der Waals surface area (Å²) in [5.41, 5.74) is 3.94. The molecular formula is C25H21Cl2NO4. The summed E-state index contributed by atoms with van der Waals surface area (Å²) in [6.07, 6.45) is 0.982. The average molecular weight is 470 g/mol. The van der Waals surface area contributed by atoms with Gasteiger partial charge < -0.3 is 19.0 Å². The highest BCUT2D eigenvalue weighted by Gasteiger charge is 2.43. The van der Waals surface area contributed by atoms with Crippen LogP contribution in [0.2, 0.25) is 10.0 Å². The zero-order chi connectivity index (χ0) is 22.1. The smallest absolute Gasteiger partial charge is 0.231 e. The summed E-state index contributed by atoms with van der Waals surface area (Å²) in [4.78, 5) is 5.76. The minimum Gasteiger partial charge on any atom is -0.497 e. The molecule has 1 aliphatic heterocycles. The van der Waals surface area contributed by atoms with Gasteiger partial charge in [0.2, 0.25) is 6.79 Å². The van der Waals surface area contributed by atoms with E-state index in [2.05, 4.69) is 17.3 Å². The summed E-state index contributed by atoms with van der Waals surface area (Å²) in [6.45, 7) is 0.531. The van der Waals surface area contributed by atoms with Gasteiger partial charge in [0.1, 0.15) is 12.4 Å². The molecule has 0 saturated heterocycles. The molecule has 0 bridgehead atoms. The molecule has 1 saturated carbocycles. The van der Waals surface area contributed by atoms with Gasteiger partial charge in [0, 0.05) is 21.5 Å². The van der Waals surface area contributed by atoms with Crippen LogP contribution in [-0.4, -0.2) is 19.6 Å². The largest absolute Gasteiger partial charge is 0.497 e. The predicted octanol–water partition coefficient (Wildman–Crippen LogP) is 6.46. The lowest BCUT2D eigenvalue weighted by Crippen LogP contribution is -2.07. The summed E-state index contributed by atoms with van der Waals surface area (Å²) in [5.74, 6) is 2.96. The van der Waals surface area contributed by atoms with Crippen LogP contribution in [0, 0.1) is 5.92 Å². The molecule has 0 unspecified atom stereocenters. The number of rotatable bonds is 7. The number of hydrogen-bond donors (Lipinski definition) is 0. The first-order chi connectivity index (χ1) is 15.6. The van der Waals surface area contributed by atoms with E-state index in [4.69, 9.17) is 42.3 Å². The van der Waals surface area contributed by atoms with E-state index in [-0.39, 0.29) is 19.3 Å². The van der Waals surface area contributed by atoms with Gasteiger partial charge in [-0.05, 0) is 72.0 Å². The zero-order valence-electron chi connectivity index (χ0n) is 17.4. The van der Waals surface area contributed by atoms with E-state index in [1.54, 1.807) is 19.2 Å². The lowest BCUT2D eigenvalue weighted by molar-refractivity contribution is 0.130. The van der Waals surface area contributed by atoms with Crippen LogP contribution in [-0.2, 0) is 11.4 Å². The maximum absolute atomic E-state index is 6.27. The van der Waals surface area contributed by atoms with Crippen molar-refractivity contribution in [3.8, 4) is 17.2 Å². The van der Waals surface area contributed by atoms with Crippen LogP contribution in [0.1, 0.15) is 29.0 Å². The van der Waals surface area contributed by atoms with Crippen molar-refractivity contribution in [1.82, 2.24) is 0 Å². The van der Waals surface area contributed by atoms with Crippen molar-refractivity contribution in [2.75, 3.05) is 13.9 Å². The fraction of sp³-hybridized carbons (Fsp3) is 0.240. The van der Waals surface area contributed by atoms with Gasteiger partial charge in [-0.25, -0.2) is 0 Å². The van der Waals surface area contributed by atoms with Crippen LogP contribution in [0.4, 0.5) is 0 Å². The van der Waals surface area contributed by atoms with Crippen LogP contribution in [0.3, 0.4) is 0 Å². The lowest BCUT2D eigenvalue weighted by atomic mass is 10.0. The Balaban J connectivity index is 1.38. The minimum absolute atomic E-state index is 0.240. The van der Waals surface area contributed by atoms with E-state index in [9.17, 15) is 0 Å². The summed E-state index contributed by atoms with van der Waals surface area (Å²) >= 11 is 12.3. The maximum atomic E-state index is 6.27.